The Morgan fingerprint density at radius 3 is 1.64 bits per heavy atom. The number of hydrogen-bond acceptors (Lipinski definition) is 6. The van der Waals surface area contributed by atoms with Crippen LogP contribution in [0.4, 0.5) is 9.59 Å². The van der Waals surface area contributed by atoms with Crippen LogP contribution in [0.2, 0.25) is 0 Å². The smallest absolute Gasteiger partial charge is 0.410 e. The standard InChI is InChI=1S/C25H34BrN3O.C25H32BrNO2.C2H4.CO2/c26-21-3-1-2-20-19(14-27)13-25(22(20)21)4-6-29(7-5-25)24(30)28-23-17-9-15-8-16(11-17)12-18(23)10-15;1-15-14-25(22-20(15)3-2-4-21(22)26)5-7-27(8-6-25)24(28)29-23-18-10-16-9-17(12-18)13-19(23)11-16;1-2;2-1-3/h1-3,15-19,23H,4-14,27H2,(H,28,30);2-4,15-19,23H,5-14H2,1H3;1-2H2;. The van der Waals surface area contributed by atoms with Crippen LogP contribution in [0.3, 0.4) is 0 Å². The number of rotatable bonds is 3. The van der Waals surface area contributed by atoms with Crippen LogP contribution in [0, 0.1) is 47.3 Å². The van der Waals surface area contributed by atoms with E-state index in [1.165, 1.54) is 102 Å². The quantitative estimate of drug-likeness (QED) is 0.295. The molecule has 8 bridgehead atoms. The monoisotopic (exact) mass is 1000 g/mol. The number of benzene rings is 2. The SMILES string of the molecule is C=C.CC1CC2(CCN(C(=O)OC3C4CC5CC(C4)CC3C5)CC2)c2c(Br)cccc21.NCC1CC2(CCN(C(=O)NC3C4CC5CC(C4)CC3C5)CC2)c2c(Br)cccc21.O=C=O. The van der Waals surface area contributed by atoms with E-state index in [9.17, 15) is 9.59 Å². The Bertz CT molecular complexity index is 2020. The highest BCUT2D eigenvalue weighted by molar-refractivity contribution is 9.10. The topological polar surface area (TPSA) is 122 Å². The predicted molar refractivity (Wildman–Crippen MR) is 256 cm³/mol. The van der Waals surface area contributed by atoms with Gasteiger partial charge in [-0.25, -0.2) is 9.59 Å². The summed E-state index contributed by atoms with van der Waals surface area (Å²) < 4.78 is 8.69. The summed E-state index contributed by atoms with van der Waals surface area (Å²) in [7, 11) is 0. The van der Waals surface area contributed by atoms with Gasteiger partial charge >= 0.3 is 18.3 Å². The van der Waals surface area contributed by atoms with E-state index in [4.69, 9.17) is 20.1 Å². The summed E-state index contributed by atoms with van der Waals surface area (Å²) in [6.45, 7) is 12.4. The summed E-state index contributed by atoms with van der Waals surface area (Å²) in [5.41, 5.74) is 12.5. The molecular formula is C53H70Br2N4O5. The number of halogens is 2. The summed E-state index contributed by atoms with van der Waals surface area (Å²) in [6.07, 6.45) is 20.5. The molecule has 2 aromatic carbocycles. The number of likely N-dealkylation sites (tertiary alicyclic amines) is 2. The molecular weight excluding hydrogens is 932 g/mol. The summed E-state index contributed by atoms with van der Waals surface area (Å²) in [5, 5.41) is 3.52. The molecule has 2 saturated heterocycles. The van der Waals surface area contributed by atoms with Crippen LogP contribution in [0.25, 0.3) is 0 Å². The van der Waals surface area contributed by atoms with Crippen LogP contribution < -0.4 is 11.1 Å². The molecule has 346 valence electrons. The first-order valence-corrected chi connectivity index (χ1v) is 26.4. The Hall–Kier alpha value is -2.98. The van der Waals surface area contributed by atoms with Crippen LogP contribution in [0.15, 0.2) is 58.5 Å². The van der Waals surface area contributed by atoms with Crippen LogP contribution in [0.5, 0.6) is 0 Å². The Labute approximate surface area is 398 Å². The highest BCUT2D eigenvalue weighted by Gasteiger charge is 2.53. The minimum absolute atomic E-state index is 0.0317. The largest absolute Gasteiger partial charge is 0.446 e. The Morgan fingerprint density at radius 1 is 0.703 bits per heavy atom. The second-order valence-corrected chi connectivity index (χ2v) is 23.7. The van der Waals surface area contributed by atoms with Gasteiger partial charge in [0, 0.05) is 52.0 Å². The molecule has 9 nitrogen and oxygen atoms in total. The lowest BCUT2D eigenvalue weighted by Crippen LogP contribution is -2.59. The molecule has 12 aliphatic rings. The van der Waals surface area contributed by atoms with Crippen molar-refractivity contribution in [3.05, 3.63) is 80.8 Å². The lowest BCUT2D eigenvalue weighted by atomic mass is 9.54. The number of urea groups is 1. The highest BCUT2D eigenvalue weighted by Crippen LogP contribution is 2.58. The molecule has 2 aromatic rings. The number of piperidine rings is 2. The molecule has 0 aromatic heterocycles. The van der Waals surface area contributed by atoms with E-state index in [0.29, 0.717) is 36.3 Å². The van der Waals surface area contributed by atoms with E-state index < -0.39 is 0 Å². The van der Waals surface area contributed by atoms with Crippen molar-refractivity contribution < 1.29 is 23.9 Å². The van der Waals surface area contributed by atoms with Gasteiger partial charge in [-0.2, -0.15) is 9.59 Å². The van der Waals surface area contributed by atoms with Crippen LogP contribution >= 0.6 is 31.9 Å². The second kappa shape index (κ2) is 19.0. The maximum Gasteiger partial charge on any atom is 0.410 e. The van der Waals surface area contributed by atoms with Crippen molar-refractivity contribution in [2.75, 3.05) is 32.7 Å². The van der Waals surface area contributed by atoms with Crippen molar-refractivity contribution in [3.63, 3.8) is 0 Å². The van der Waals surface area contributed by atoms with Gasteiger partial charge in [-0.05, 0) is 203 Å². The van der Waals surface area contributed by atoms with Crippen molar-refractivity contribution in [1.29, 1.82) is 0 Å². The second-order valence-electron chi connectivity index (χ2n) is 22.0. The van der Waals surface area contributed by atoms with Gasteiger partial charge in [0.1, 0.15) is 6.10 Å². The van der Waals surface area contributed by atoms with Crippen molar-refractivity contribution in [1.82, 2.24) is 15.1 Å². The number of nitrogens with one attached hydrogen (secondary N) is 1. The van der Waals surface area contributed by atoms with Crippen LogP contribution in [-0.4, -0.2) is 72.9 Å². The van der Waals surface area contributed by atoms with Crippen molar-refractivity contribution in [2.45, 2.75) is 144 Å². The third kappa shape index (κ3) is 8.49. The lowest BCUT2D eigenvalue weighted by Gasteiger charge is -2.54. The van der Waals surface area contributed by atoms with E-state index >= 15 is 0 Å². The molecule has 2 aliphatic heterocycles. The van der Waals surface area contributed by atoms with E-state index in [1.54, 1.807) is 0 Å². The number of amides is 3. The molecule has 11 heteroatoms. The van der Waals surface area contributed by atoms with E-state index in [0.717, 1.165) is 93.8 Å². The number of carbonyl (C=O) groups is 2. The third-order valence-electron chi connectivity index (χ3n) is 18.6. The van der Waals surface area contributed by atoms with Gasteiger partial charge in [-0.15, -0.1) is 13.2 Å². The molecule has 2 unspecified atom stereocenters. The van der Waals surface area contributed by atoms with Crippen molar-refractivity contribution >= 4 is 50.1 Å². The number of ether oxygens (including phenoxy) is 1. The number of nitrogens with two attached hydrogens (primary N) is 1. The normalized spacial score (nSPS) is 35.8. The van der Waals surface area contributed by atoms with Crippen LogP contribution in [-0.2, 0) is 25.2 Å². The molecule has 2 spiro atoms. The number of carbonyl (C=O) groups excluding carboxylic acids is 4. The summed E-state index contributed by atoms with van der Waals surface area (Å²) in [4.78, 5) is 46.6. The van der Waals surface area contributed by atoms with Gasteiger partial charge in [-0.3, -0.25) is 0 Å². The zero-order chi connectivity index (χ0) is 44.9. The first-order valence-electron chi connectivity index (χ1n) is 24.8. The Morgan fingerprint density at radius 2 is 1.14 bits per heavy atom. The van der Waals surface area contributed by atoms with Crippen LogP contribution in [0.1, 0.15) is 144 Å². The maximum atomic E-state index is 13.2. The zero-order valence-electron chi connectivity index (χ0n) is 37.9. The molecule has 2 atom stereocenters. The fourth-order valence-corrected chi connectivity index (χ4v) is 18.1. The van der Waals surface area contributed by atoms with E-state index in [-0.39, 0.29) is 35.2 Å². The summed E-state index contributed by atoms with van der Waals surface area (Å²) >= 11 is 7.65. The number of hydrogen-bond donors (Lipinski definition) is 2. The van der Waals surface area contributed by atoms with E-state index in [1.807, 2.05) is 4.90 Å². The van der Waals surface area contributed by atoms with Gasteiger partial charge in [0.05, 0.1) is 0 Å². The lowest BCUT2D eigenvalue weighted by molar-refractivity contribution is -0.191. The molecule has 8 saturated carbocycles. The summed E-state index contributed by atoms with van der Waals surface area (Å²) in [6, 6.07) is 13.8. The Balaban J connectivity index is 0.000000148. The molecule has 3 N–H and O–H groups in total. The molecule has 2 heterocycles. The third-order valence-corrected chi connectivity index (χ3v) is 19.9. The summed E-state index contributed by atoms with van der Waals surface area (Å²) in [5.74, 6) is 7.57. The molecule has 10 fully saturated rings. The molecule has 10 aliphatic carbocycles. The minimum Gasteiger partial charge on any atom is -0.446 e. The van der Waals surface area contributed by atoms with E-state index in [2.05, 4.69) is 98.6 Å². The molecule has 3 amide bonds. The van der Waals surface area contributed by atoms with Gasteiger partial charge in [0.2, 0.25) is 0 Å². The van der Waals surface area contributed by atoms with Crippen molar-refractivity contribution in [3.8, 4) is 0 Å². The van der Waals surface area contributed by atoms with Gasteiger partial charge < -0.3 is 25.6 Å². The van der Waals surface area contributed by atoms with Crippen molar-refractivity contribution in [2.24, 2.45) is 53.1 Å². The average Bonchev–Trinajstić information content (AvgIpc) is 3.75. The first-order chi connectivity index (χ1) is 31.0. The minimum atomic E-state index is -0.0317. The highest BCUT2D eigenvalue weighted by atomic mass is 79.9. The molecule has 14 rings (SSSR count). The number of nitrogens with zero attached hydrogens (tertiary/aromatic N) is 2. The zero-order valence-corrected chi connectivity index (χ0v) is 41.1. The molecule has 64 heavy (non-hydrogen) atoms. The molecule has 0 radical (unpaired) electrons. The maximum absolute atomic E-state index is 13.2. The fourth-order valence-electron chi connectivity index (χ4n) is 16.5. The van der Waals surface area contributed by atoms with Gasteiger partial charge in [0.15, 0.2) is 0 Å². The van der Waals surface area contributed by atoms with Gasteiger partial charge in [0.25, 0.3) is 0 Å². The van der Waals surface area contributed by atoms with Gasteiger partial charge in [-0.1, -0.05) is 63.0 Å². The fraction of sp³-hybridized carbons (Fsp3) is 0.679. The number of fused-ring (bicyclic) bond motifs is 4. The Kier molecular flexibility index (Phi) is 13.7. The first kappa shape index (κ1) is 46.1. The predicted octanol–water partition coefficient (Wildman–Crippen LogP) is 11.2. The average molecular weight is 1000 g/mol.